The fourth-order valence-electron chi connectivity index (χ4n) is 1.44. The summed E-state index contributed by atoms with van der Waals surface area (Å²) < 4.78 is 1.13. The van der Waals surface area contributed by atoms with E-state index in [1.54, 1.807) is 11.3 Å². The molecule has 1 fully saturated rings. The van der Waals surface area contributed by atoms with Crippen LogP contribution in [0.1, 0.15) is 25.7 Å². The molecule has 1 aliphatic carbocycles. The Morgan fingerprint density at radius 2 is 2.25 bits per heavy atom. The third-order valence-electron chi connectivity index (χ3n) is 2.02. The van der Waals surface area contributed by atoms with Gasteiger partial charge < -0.3 is 0 Å². The van der Waals surface area contributed by atoms with E-state index < -0.39 is 0 Å². The summed E-state index contributed by atoms with van der Waals surface area (Å²) in [4.78, 5) is 4.22. The summed E-state index contributed by atoms with van der Waals surface area (Å²) in [5.41, 5.74) is 0. The first-order valence-corrected chi connectivity index (χ1v) is 6.26. The van der Waals surface area contributed by atoms with Gasteiger partial charge in [-0.05, 0) is 12.8 Å². The SMILES string of the molecule is Clc1csc(SC2CCCC2)n1. The Labute approximate surface area is 85.5 Å². The lowest BCUT2D eigenvalue weighted by atomic mass is 10.4. The summed E-state index contributed by atoms with van der Waals surface area (Å²) in [5.74, 6) is 0. The second-order valence-corrected chi connectivity index (χ2v) is 5.75. The van der Waals surface area contributed by atoms with E-state index in [4.69, 9.17) is 11.6 Å². The molecule has 1 nitrogen and oxygen atoms in total. The third kappa shape index (κ3) is 2.15. The van der Waals surface area contributed by atoms with Crippen molar-refractivity contribution in [3.05, 3.63) is 10.5 Å². The number of halogens is 1. The minimum absolute atomic E-state index is 0.639. The van der Waals surface area contributed by atoms with Crippen LogP contribution in [-0.4, -0.2) is 10.2 Å². The summed E-state index contributed by atoms with van der Waals surface area (Å²) >= 11 is 9.28. The lowest BCUT2D eigenvalue weighted by molar-refractivity contribution is 0.886. The minimum atomic E-state index is 0.639. The molecule has 2 rings (SSSR count). The summed E-state index contributed by atoms with van der Waals surface area (Å²) in [5, 5.41) is 3.34. The van der Waals surface area contributed by atoms with E-state index in [2.05, 4.69) is 4.98 Å². The van der Waals surface area contributed by atoms with E-state index in [1.807, 2.05) is 17.1 Å². The van der Waals surface area contributed by atoms with Crippen molar-refractivity contribution in [3.8, 4) is 0 Å². The van der Waals surface area contributed by atoms with Crippen LogP contribution >= 0.6 is 34.7 Å². The second kappa shape index (κ2) is 3.99. The van der Waals surface area contributed by atoms with Gasteiger partial charge in [0.15, 0.2) is 4.34 Å². The lowest BCUT2D eigenvalue weighted by Gasteiger charge is -2.03. The van der Waals surface area contributed by atoms with Crippen LogP contribution in [0.15, 0.2) is 9.72 Å². The van der Waals surface area contributed by atoms with E-state index in [1.165, 1.54) is 25.7 Å². The second-order valence-electron chi connectivity index (χ2n) is 2.96. The van der Waals surface area contributed by atoms with E-state index in [0.717, 1.165) is 9.59 Å². The van der Waals surface area contributed by atoms with Gasteiger partial charge in [-0.1, -0.05) is 36.2 Å². The predicted octanol–water partition coefficient (Wildman–Crippen LogP) is 3.83. The van der Waals surface area contributed by atoms with Gasteiger partial charge in [0.25, 0.3) is 0 Å². The van der Waals surface area contributed by atoms with Crippen molar-refractivity contribution in [1.82, 2.24) is 4.98 Å². The number of thiazole rings is 1. The molecule has 0 atom stereocenters. The highest BCUT2D eigenvalue weighted by atomic mass is 35.5. The first-order chi connectivity index (χ1) is 5.84. The average molecular weight is 220 g/mol. The molecule has 0 spiro atoms. The molecule has 0 aliphatic heterocycles. The molecule has 66 valence electrons. The minimum Gasteiger partial charge on any atom is -0.218 e. The molecule has 12 heavy (non-hydrogen) atoms. The van der Waals surface area contributed by atoms with E-state index in [9.17, 15) is 0 Å². The smallest absolute Gasteiger partial charge is 0.151 e. The van der Waals surface area contributed by atoms with Crippen molar-refractivity contribution in [2.45, 2.75) is 35.3 Å². The van der Waals surface area contributed by atoms with Crippen LogP contribution in [0.5, 0.6) is 0 Å². The van der Waals surface area contributed by atoms with Crippen LogP contribution in [0.2, 0.25) is 5.15 Å². The van der Waals surface area contributed by atoms with Gasteiger partial charge in [0.05, 0.1) is 0 Å². The molecule has 0 amide bonds. The lowest BCUT2D eigenvalue weighted by Crippen LogP contribution is -1.92. The number of nitrogens with zero attached hydrogens (tertiary/aromatic N) is 1. The highest BCUT2D eigenvalue weighted by molar-refractivity contribution is 8.01. The van der Waals surface area contributed by atoms with Crippen LogP contribution in [0.25, 0.3) is 0 Å². The van der Waals surface area contributed by atoms with Crippen LogP contribution in [0.3, 0.4) is 0 Å². The molecular weight excluding hydrogens is 210 g/mol. The highest BCUT2D eigenvalue weighted by Crippen LogP contribution is 2.36. The quantitative estimate of drug-likeness (QED) is 0.750. The standard InChI is InChI=1S/C8H10ClNS2/c9-7-5-11-8(10-7)12-6-3-1-2-4-6/h5-6H,1-4H2. The van der Waals surface area contributed by atoms with Crippen molar-refractivity contribution in [3.63, 3.8) is 0 Å². The molecule has 1 aromatic rings. The largest absolute Gasteiger partial charge is 0.218 e. The van der Waals surface area contributed by atoms with Gasteiger partial charge in [-0.15, -0.1) is 11.3 Å². The van der Waals surface area contributed by atoms with Crippen molar-refractivity contribution in [2.75, 3.05) is 0 Å². The molecule has 4 heteroatoms. The van der Waals surface area contributed by atoms with Gasteiger partial charge in [0.2, 0.25) is 0 Å². The van der Waals surface area contributed by atoms with Crippen LogP contribution in [0, 0.1) is 0 Å². The van der Waals surface area contributed by atoms with Gasteiger partial charge in [0.1, 0.15) is 5.15 Å². The third-order valence-corrected chi connectivity index (χ3v) is 4.66. The molecule has 0 unspecified atom stereocenters. The van der Waals surface area contributed by atoms with Gasteiger partial charge in [-0.3, -0.25) is 0 Å². The van der Waals surface area contributed by atoms with Crippen LogP contribution in [0.4, 0.5) is 0 Å². The molecule has 1 heterocycles. The van der Waals surface area contributed by atoms with E-state index in [-0.39, 0.29) is 0 Å². The number of aromatic nitrogens is 1. The Morgan fingerprint density at radius 1 is 1.50 bits per heavy atom. The zero-order valence-electron chi connectivity index (χ0n) is 6.62. The van der Waals surface area contributed by atoms with Crippen LogP contribution < -0.4 is 0 Å². The maximum atomic E-state index is 5.73. The van der Waals surface area contributed by atoms with Gasteiger partial charge in [-0.2, -0.15) is 0 Å². The number of hydrogen-bond donors (Lipinski definition) is 0. The van der Waals surface area contributed by atoms with Gasteiger partial charge in [0, 0.05) is 10.6 Å². The molecule has 0 bridgehead atoms. The first kappa shape index (κ1) is 8.85. The zero-order chi connectivity index (χ0) is 8.39. The molecule has 1 saturated carbocycles. The average Bonchev–Trinajstić information content (AvgIpc) is 2.63. The molecule has 0 radical (unpaired) electrons. The van der Waals surface area contributed by atoms with Crippen molar-refractivity contribution in [2.24, 2.45) is 0 Å². The monoisotopic (exact) mass is 219 g/mol. The van der Waals surface area contributed by atoms with E-state index >= 15 is 0 Å². The summed E-state index contributed by atoms with van der Waals surface area (Å²) in [6.07, 6.45) is 5.47. The number of hydrogen-bond acceptors (Lipinski definition) is 3. The van der Waals surface area contributed by atoms with Crippen molar-refractivity contribution < 1.29 is 0 Å². The molecule has 0 aromatic carbocycles. The van der Waals surface area contributed by atoms with E-state index in [0.29, 0.717) is 5.15 Å². The number of thioether (sulfide) groups is 1. The number of rotatable bonds is 2. The van der Waals surface area contributed by atoms with Gasteiger partial charge >= 0.3 is 0 Å². The molecule has 0 N–H and O–H groups in total. The normalized spacial score (nSPS) is 18.8. The highest BCUT2D eigenvalue weighted by Gasteiger charge is 2.17. The molecule has 1 aliphatic rings. The van der Waals surface area contributed by atoms with Crippen molar-refractivity contribution in [1.29, 1.82) is 0 Å². The summed E-state index contributed by atoms with van der Waals surface area (Å²) in [6, 6.07) is 0. The Bertz CT molecular complexity index is 255. The Kier molecular flexibility index (Phi) is 2.94. The van der Waals surface area contributed by atoms with Gasteiger partial charge in [-0.25, -0.2) is 4.98 Å². The molecule has 1 aromatic heterocycles. The zero-order valence-corrected chi connectivity index (χ0v) is 9.01. The summed E-state index contributed by atoms with van der Waals surface area (Å²) in [7, 11) is 0. The summed E-state index contributed by atoms with van der Waals surface area (Å²) in [6.45, 7) is 0. The Hall–Kier alpha value is 0.270. The molecule has 0 saturated heterocycles. The maximum absolute atomic E-state index is 5.73. The Morgan fingerprint density at radius 3 is 2.83 bits per heavy atom. The maximum Gasteiger partial charge on any atom is 0.151 e. The van der Waals surface area contributed by atoms with Crippen molar-refractivity contribution >= 4 is 34.7 Å². The Balaban J connectivity index is 1.94. The topological polar surface area (TPSA) is 12.9 Å². The first-order valence-electron chi connectivity index (χ1n) is 4.12. The fourth-order valence-corrected chi connectivity index (χ4v) is 3.94. The fraction of sp³-hybridized carbons (Fsp3) is 0.625. The molecular formula is C8H10ClNS2. The van der Waals surface area contributed by atoms with Crippen LogP contribution in [-0.2, 0) is 0 Å². The predicted molar refractivity (Wildman–Crippen MR) is 55.2 cm³/mol.